The van der Waals surface area contributed by atoms with Gasteiger partial charge in [0.15, 0.2) is 5.05 Å². The highest BCUT2D eigenvalue weighted by Crippen LogP contribution is 2.13. The predicted molar refractivity (Wildman–Crippen MR) is 113 cm³/mol. The van der Waals surface area contributed by atoms with E-state index in [0.29, 0.717) is 0 Å². The van der Waals surface area contributed by atoms with Crippen molar-refractivity contribution in [3.63, 3.8) is 0 Å². The zero-order chi connectivity index (χ0) is 17.7. The summed E-state index contributed by atoms with van der Waals surface area (Å²) in [6.45, 7) is 5.32. The van der Waals surface area contributed by atoms with Gasteiger partial charge in [-0.1, -0.05) is 110 Å². The minimum atomic E-state index is 0.821. The maximum absolute atomic E-state index is 5.59. The minimum absolute atomic E-state index is 0.821. The van der Waals surface area contributed by atoms with Crippen LogP contribution in [0.2, 0.25) is 0 Å². The Hall–Kier alpha value is -0.110. The van der Waals surface area contributed by atoms with Crippen LogP contribution in [0.5, 0.6) is 0 Å². The lowest BCUT2D eigenvalue weighted by molar-refractivity contribution is 0.291. The molecule has 0 N–H and O–H groups in total. The first kappa shape index (κ1) is 23.9. The SMILES string of the molecule is CCCCCCCCCCCCCCCCCOC(=S)CCCC. The summed E-state index contributed by atoms with van der Waals surface area (Å²) in [5, 5.41) is 0.821. The summed E-state index contributed by atoms with van der Waals surface area (Å²) in [6, 6.07) is 0. The number of unbranched alkanes of at least 4 members (excludes halogenated alkanes) is 15. The third-order valence-corrected chi connectivity index (χ3v) is 5.07. The molecule has 0 heterocycles. The van der Waals surface area contributed by atoms with Crippen molar-refractivity contribution in [3.05, 3.63) is 0 Å². The van der Waals surface area contributed by atoms with Gasteiger partial charge in [0.05, 0.1) is 6.61 Å². The van der Waals surface area contributed by atoms with Crippen LogP contribution in [-0.2, 0) is 4.74 Å². The lowest BCUT2D eigenvalue weighted by Crippen LogP contribution is -2.03. The van der Waals surface area contributed by atoms with Crippen molar-refractivity contribution in [1.29, 1.82) is 0 Å². The molecule has 0 atom stereocenters. The van der Waals surface area contributed by atoms with Gasteiger partial charge in [-0.25, -0.2) is 0 Å². The van der Waals surface area contributed by atoms with E-state index >= 15 is 0 Å². The summed E-state index contributed by atoms with van der Waals surface area (Å²) < 4.78 is 5.59. The van der Waals surface area contributed by atoms with Gasteiger partial charge < -0.3 is 4.74 Å². The molecule has 0 aromatic heterocycles. The Bertz CT molecular complexity index is 252. The zero-order valence-electron chi connectivity index (χ0n) is 16.8. The van der Waals surface area contributed by atoms with Crippen molar-refractivity contribution in [2.75, 3.05) is 6.61 Å². The molecular formula is C22H44OS. The molecule has 0 aliphatic carbocycles. The van der Waals surface area contributed by atoms with E-state index in [1.54, 1.807) is 0 Å². The van der Waals surface area contributed by atoms with Gasteiger partial charge in [0.25, 0.3) is 0 Å². The summed E-state index contributed by atoms with van der Waals surface area (Å²) >= 11 is 5.20. The first-order chi connectivity index (χ1) is 11.8. The molecule has 0 radical (unpaired) electrons. The van der Waals surface area contributed by atoms with Crippen molar-refractivity contribution in [3.8, 4) is 0 Å². The number of hydrogen-bond acceptors (Lipinski definition) is 2. The van der Waals surface area contributed by atoms with E-state index < -0.39 is 0 Å². The Morgan fingerprint density at radius 1 is 0.542 bits per heavy atom. The van der Waals surface area contributed by atoms with Gasteiger partial charge in [-0.15, -0.1) is 0 Å². The number of ether oxygens (including phenoxy) is 1. The maximum atomic E-state index is 5.59. The average molecular weight is 357 g/mol. The first-order valence-electron chi connectivity index (χ1n) is 11.0. The molecule has 0 saturated carbocycles. The Labute approximate surface area is 158 Å². The summed E-state index contributed by atoms with van der Waals surface area (Å²) in [4.78, 5) is 0. The van der Waals surface area contributed by atoms with Crippen LogP contribution in [0.4, 0.5) is 0 Å². The normalized spacial score (nSPS) is 10.9. The quantitative estimate of drug-likeness (QED) is 0.170. The fraction of sp³-hybridized carbons (Fsp3) is 0.955. The fourth-order valence-corrected chi connectivity index (χ4v) is 3.28. The Morgan fingerprint density at radius 2 is 0.917 bits per heavy atom. The van der Waals surface area contributed by atoms with Crippen LogP contribution in [0, 0.1) is 0 Å². The van der Waals surface area contributed by atoms with E-state index in [0.717, 1.165) is 24.5 Å². The summed E-state index contributed by atoms with van der Waals surface area (Å²) in [7, 11) is 0. The second-order valence-corrected chi connectivity index (χ2v) is 7.73. The van der Waals surface area contributed by atoms with Crippen LogP contribution in [-0.4, -0.2) is 11.7 Å². The third-order valence-electron chi connectivity index (χ3n) is 4.75. The Kier molecular flexibility index (Phi) is 20.8. The van der Waals surface area contributed by atoms with Crippen LogP contribution in [0.15, 0.2) is 0 Å². The lowest BCUT2D eigenvalue weighted by atomic mass is 10.0. The molecule has 0 amide bonds. The molecular weight excluding hydrogens is 312 g/mol. The van der Waals surface area contributed by atoms with Crippen LogP contribution < -0.4 is 0 Å². The predicted octanol–water partition coefficient (Wildman–Crippen LogP) is 8.39. The molecule has 144 valence electrons. The molecule has 0 aliphatic heterocycles. The second kappa shape index (κ2) is 20.9. The standard InChI is InChI=1S/C22H44OS/c1-3-5-7-8-9-10-11-12-13-14-15-16-17-18-19-21-23-22(24)20-6-4-2/h3-21H2,1-2H3. The van der Waals surface area contributed by atoms with Gasteiger partial charge in [-0.3, -0.25) is 0 Å². The van der Waals surface area contributed by atoms with Gasteiger partial charge >= 0.3 is 0 Å². The van der Waals surface area contributed by atoms with Gasteiger partial charge in [-0.2, -0.15) is 0 Å². The molecule has 0 spiro atoms. The lowest BCUT2D eigenvalue weighted by Gasteiger charge is -2.07. The Balaban J connectivity index is 3.04. The molecule has 0 saturated heterocycles. The van der Waals surface area contributed by atoms with Gasteiger partial charge in [-0.05, 0) is 25.1 Å². The molecule has 0 aromatic rings. The zero-order valence-corrected chi connectivity index (χ0v) is 17.6. The van der Waals surface area contributed by atoms with E-state index in [1.165, 1.54) is 103 Å². The topological polar surface area (TPSA) is 9.23 Å². The Morgan fingerprint density at radius 3 is 1.33 bits per heavy atom. The van der Waals surface area contributed by atoms with E-state index in [2.05, 4.69) is 13.8 Å². The van der Waals surface area contributed by atoms with Crippen LogP contribution in [0.3, 0.4) is 0 Å². The third kappa shape index (κ3) is 19.9. The number of rotatable bonds is 19. The van der Waals surface area contributed by atoms with Crippen LogP contribution in [0.1, 0.15) is 129 Å². The molecule has 1 nitrogen and oxygen atoms in total. The summed E-state index contributed by atoms with van der Waals surface area (Å²) in [6.07, 6.45) is 24.4. The van der Waals surface area contributed by atoms with Crippen LogP contribution in [0.25, 0.3) is 0 Å². The first-order valence-corrected chi connectivity index (χ1v) is 11.4. The minimum Gasteiger partial charge on any atom is -0.487 e. The average Bonchev–Trinajstić information content (AvgIpc) is 2.59. The molecule has 24 heavy (non-hydrogen) atoms. The highest BCUT2D eigenvalue weighted by Gasteiger charge is 1.97. The monoisotopic (exact) mass is 356 g/mol. The van der Waals surface area contributed by atoms with E-state index in [-0.39, 0.29) is 0 Å². The van der Waals surface area contributed by atoms with E-state index in [4.69, 9.17) is 17.0 Å². The molecule has 0 unspecified atom stereocenters. The summed E-state index contributed by atoms with van der Waals surface area (Å²) in [5.41, 5.74) is 0. The van der Waals surface area contributed by atoms with Crippen molar-refractivity contribution in [2.24, 2.45) is 0 Å². The van der Waals surface area contributed by atoms with Crippen molar-refractivity contribution in [2.45, 2.75) is 129 Å². The van der Waals surface area contributed by atoms with E-state index in [9.17, 15) is 0 Å². The molecule has 0 rings (SSSR count). The number of hydrogen-bond donors (Lipinski definition) is 0. The molecule has 0 fully saturated rings. The highest BCUT2D eigenvalue weighted by atomic mass is 32.1. The highest BCUT2D eigenvalue weighted by molar-refractivity contribution is 7.80. The summed E-state index contributed by atoms with van der Waals surface area (Å²) in [5.74, 6) is 0. The maximum Gasteiger partial charge on any atom is 0.159 e. The van der Waals surface area contributed by atoms with Crippen molar-refractivity contribution in [1.82, 2.24) is 0 Å². The number of thiocarbonyl (C=S) groups is 1. The second-order valence-electron chi connectivity index (χ2n) is 7.27. The van der Waals surface area contributed by atoms with Crippen molar-refractivity contribution < 1.29 is 4.74 Å². The molecule has 0 bridgehead atoms. The van der Waals surface area contributed by atoms with Gasteiger partial charge in [0, 0.05) is 6.42 Å². The fourth-order valence-electron chi connectivity index (χ4n) is 3.05. The molecule has 2 heteroatoms. The van der Waals surface area contributed by atoms with E-state index in [1.807, 2.05) is 0 Å². The van der Waals surface area contributed by atoms with Crippen LogP contribution >= 0.6 is 12.2 Å². The largest absolute Gasteiger partial charge is 0.487 e. The van der Waals surface area contributed by atoms with Gasteiger partial charge in [0.1, 0.15) is 0 Å². The molecule has 0 aliphatic rings. The molecule has 0 aromatic carbocycles. The van der Waals surface area contributed by atoms with Crippen molar-refractivity contribution >= 4 is 17.3 Å². The van der Waals surface area contributed by atoms with Gasteiger partial charge in [0.2, 0.25) is 0 Å². The smallest absolute Gasteiger partial charge is 0.159 e.